The molecule has 12 aromatic carbocycles. The van der Waals surface area contributed by atoms with Gasteiger partial charge in [0.05, 0.1) is 5.69 Å². The molecule has 0 aliphatic rings. The van der Waals surface area contributed by atoms with Crippen molar-refractivity contribution < 1.29 is 4.42 Å². The Morgan fingerprint density at radius 2 is 0.727 bits per heavy atom. The molecule has 1 heterocycles. The molecule has 0 fully saturated rings. The van der Waals surface area contributed by atoms with Crippen LogP contribution >= 0.6 is 0 Å². The zero-order valence-corrected chi connectivity index (χ0v) is 36.0. The summed E-state index contributed by atoms with van der Waals surface area (Å²) in [4.78, 5) is 2.41. The fourth-order valence-corrected chi connectivity index (χ4v) is 10.3. The summed E-state index contributed by atoms with van der Waals surface area (Å²) in [5.74, 6) is 0. The predicted octanol–water partition coefficient (Wildman–Crippen LogP) is 18.3. The second-order valence-corrected chi connectivity index (χ2v) is 17.2. The van der Waals surface area contributed by atoms with E-state index in [9.17, 15) is 0 Å². The van der Waals surface area contributed by atoms with E-state index in [2.05, 4.69) is 254 Å². The van der Waals surface area contributed by atoms with Crippen LogP contribution in [0.4, 0.5) is 17.1 Å². The Morgan fingerprint density at radius 3 is 1.48 bits per heavy atom. The molecule has 2 nitrogen and oxygen atoms in total. The van der Waals surface area contributed by atoms with E-state index in [0.717, 1.165) is 61.1 Å². The van der Waals surface area contributed by atoms with E-state index in [-0.39, 0.29) is 0 Å². The highest BCUT2D eigenvalue weighted by atomic mass is 16.3. The summed E-state index contributed by atoms with van der Waals surface area (Å²) < 4.78 is 6.59. The summed E-state index contributed by atoms with van der Waals surface area (Å²) >= 11 is 0. The minimum atomic E-state index is 0.893. The van der Waals surface area contributed by atoms with E-state index < -0.39 is 0 Å². The third-order valence-corrected chi connectivity index (χ3v) is 13.5. The molecule has 1 aromatic heterocycles. The lowest BCUT2D eigenvalue weighted by Gasteiger charge is -2.28. The first kappa shape index (κ1) is 37.8. The summed E-state index contributed by atoms with van der Waals surface area (Å²) in [6.07, 6.45) is 0. The van der Waals surface area contributed by atoms with Gasteiger partial charge in [-0.1, -0.05) is 206 Å². The number of nitrogens with zero attached hydrogens (tertiary/aromatic N) is 1. The van der Waals surface area contributed by atoms with Crippen molar-refractivity contribution in [3.63, 3.8) is 0 Å². The van der Waals surface area contributed by atoms with Crippen molar-refractivity contribution in [2.75, 3.05) is 4.90 Å². The third-order valence-electron chi connectivity index (χ3n) is 13.5. The fourth-order valence-electron chi connectivity index (χ4n) is 10.3. The van der Waals surface area contributed by atoms with Crippen LogP contribution in [0, 0.1) is 0 Å². The Kier molecular flexibility index (Phi) is 8.89. The van der Waals surface area contributed by atoms with Gasteiger partial charge in [0.15, 0.2) is 0 Å². The number of anilines is 3. The molecule has 308 valence electrons. The summed E-state index contributed by atoms with van der Waals surface area (Å²) in [5, 5.41) is 12.1. The Morgan fingerprint density at radius 1 is 0.258 bits per heavy atom. The molecule has 0 spiro atoms. The van der Waals surface area contributed by atoms with Crippen LogP contribution in [0.2, 0.25) is 0 Å². The Bertz CT molecular complexity index is 3970. The maximum absolute atomic E-state index is 6.59. The first-order chi connectivity index (χ1) is 32.7. The van der Waals surface area contributed by atoms with Gasteiger partial charge in [-0.3, -0.25) is 0 Å². The first-order valence-corrected chi connectivity index (χ1v) is 22.7. The lowest BCUT2D eigenvalue weighted by atomic mass is 9.93. The van der Waals surface area contributed by atoms with Gasteiger partial charge >= 0.3 is 0 Å². The second-order valence-electron chi connectivity index (χ2n) is 17.2. The number of rotatable bonds is 7. The third kappa shape index (κ3) is 6.26. The normalized spacial score (nSPS) is 11.6. The number of furan rings is 1. The molecular formula is C64H41NO. The average Bonchev–Trinajstić information content (AvgIpc) is 3.79. The van der Waals surface area contributed by atoms with Crippen molar-refractivity contribution >= 4 is 82.1 Å². The van der Waals surface area contributed by atoms with E-state index in [1.165, 1.54) is 65.5 Å². The number of hydrogen-bond donors (Lipinski definition) is 0. The molecule has 0 aliphatic heterocycles. The van der Waals surface area contributed by atoms with Gasteiger partial charge in [-0.2, -0.15) is 0 Å². The van der Waals surface area contributed by atoms with Crippen molar-refractivity contribution in [3.05, 3.63) is 249 Å². The van der Waals surface area contributed by atoms with Crippen molar-refractivity contribution in [2.24, 2.45) is 0 Å². The van der Waals surface area contributed by atoms with E-state index in [0.29, 0.717) is 0 Å². The van der Waals surface area contributed by atoms with Gasteiger partial charge in [0.25, 0.3) is 0 Å². The maximum Gasteiger partial charge on any atom is 0.143 e. The number of para-hydroxylation sites is 1. The van der Waals surface area contributed by atoms with Crippen LogP contribution in [0.5, 0.6) is 0 Å². The zero-order valence-electron chi connectivity index (χ0n) is 36.0. The Hall–Kier alpha value is -8.72. The van der Waals surface area contributed by atoms with E-state index >= 15 is 0 Å². The highest BCUT2D eigenvalue weighted by Gasteiger charge is 2.20. The molecule has 0 N–H and O–H groups in total. The molecule has 0 radical (unpaired) electrons. The molecule has 0 saturated heterocycles. The van der Waals surface area contributed by atoms with E-state index in [4.69, 9.17) is 4.42 Å². The highest BCUT2D eigenvalue weighted by molar-refractivity contribution is 6.19. The summed E-state index contributed by atoms with van der Waals surface area (Å²) in [6, 6.07) is 90.2. The van der Waals surface area contributed by atoms with Gasteiger partial charge in [0, 0.05) is 33.1 Å². The molecule has 0 bridgehead atoms. The lowest BCUT2D eigenvalue weighted by Crippen LogP contribution is -2.11. The highest BCUT2D eigenvalue weighted by Crippen LogP contribution is 2.45. The van der Waals surface area contributed by atoms with Crippen molar-refractivity contribution in [1.82, 2.24) is 0 Å². The van der Waals surface area contributed by atoms with E-state index in [1.54, 1.807) is 0 Å². The standard InChI is InChI=1S/C64H41NO/c1-4-16-51-44(12-1)15-9-20-52(51)47-28-26-42(27-29-47)43-30-36-49(37-31-43)65(61-24-8-7-19-59(61)57-23-10-22-56-53-17-5-2-13-45(53)34-40-58(56)57)50-38-32-48(33-39-50)54-21-11-25-62-63(54)60-41-35-46-14-3-6-18-55(46)64(60)66-62/h1-41H. The average molecular weight is 840 g/mol. The lowest BCUT2D eigenvalue weighted by molar-refractivity contribution is 0.673. The zero-order chi connectivity index (χ0) is 43.6. The summed E-state index contributed by atoms with van der Waals surface area (Å²) in [7, 11) is 0. The smallest absolute Gasteiger partial charge is 0.143 e. The van der Waals surface area contributed by atoms with Gasteiger partial charge in [-0.05, 0) is 119 Å². The van der Waals surface area contributed by atoms with Gasteiger partial charge < -0.3 is 9.32 Å². The first-order valence-electron chi connectivity index (χ1n) is 22.7. The minimum absolute atomic E-state index is 0.893. The fraction of sp³-hybridized carbons (Fsp3) is 0. The van der Waals surface area contributed by atoms with Crippen LogP contribution < -0.4 is 4.90 Å². The van der Waals surface area contributed by atoms with E-state index in [1.807, 2.05) is 0 Å². The van der Waals surface area contributed by atoms with Gasteiger partial charge in [-0.15, -0.1) is 0 Å². The summed E-state index contributed by atoms with van der Waals surface area (Å²) in [5.41, 5.74) is 14.5. The van der Waals surface area contributed by atoms with Crippen LogP contribution in [0.25, 0.3) is 110 Å². The van der Waals surface area contributed by atoms with Crippen molar-refractivity contribution in [2.45, 2.75) is 0 Å². The molecule has 66 heavy (non-hydrogen) atoms. The molecule has 2 heteroatoms. The van der Waals surface area contributed by atoms with Crippen LogP contribution in [-0.2, 0) is 0 Å². The maximum atomic E-state index is 6.59. The molecule has 0 aliphatic carbocycles. The van der Waals surface area contributed by atoms with Gasteiger partial charge in [0.1, 0.15) is 11.2 Å². The topological polar surface area (TPSA) is 16.4 Å². The number of fused-ring (bicyclic) bond motifs is 9. The largest absolute Gasteiger partial charge is 0.455 e. The van der Waals surface area contributed by atoms with Crippen molar-refractivity contribution in [3.8, 4) is 44.5 Å². The molecule has 0 atom stereocenters. The van der Waals surface area contributed by atoms with Gasteiger partial charge in [-0.25, -0.2) is 0 Å². The molecule has 0 amide bonds. The molecule has 13 aromatic rings. The number of benzene rings is 12. The predicted molar refractivity (Wildman–Crippen MR) is 280 cm³/mol. The quantitative estimate of drug-likeness (QED) is 0.149. The molecule has 0 saturated carbocycles. The second kappa shape index (κ2) is 15.5. The number of hydrogen-bond acceptors (Lipinski definition) is 2. The van der Waals surface area contributed by atoms with Crippen LogP contribution in [-0.4, -0.2) is 0 Å². The monoisotopic (exact) mass is 839 g/mol. The Labute approximate surface area is 382 Å². The van der Waals surface area contributed by atoms with Crippen LogP contribution in [0.15, 0.2) is 253 Å². The minimum Gasteiger partial charge on any atom is -0.455 e. The Balaban J connectivity index is 0.929. The van der Waals surface area contributed by atoms with Crippen LogP contribution in [0.3, 0.4) is 0 Å². The SMILES string of the molecule is c1ccc(N(c2ccc(-c3ccc(-c4cccc5ccccc45)cc3)cc2)c2ccc(-c3cccc4oc5c6ccccc6ccc5c34)cc2)c(-c2cccc3c2ccc2ccccc23)c1. The molecular weight excluding hydrogens is 799 g/mol. The van der Waals surface area contributed by atoms with Crippen molar-refractivity contribution in [1.29, 1.82) is 0 Å². The molecule has 0 unspecified atom stereocenters. The van der Waals surface area contributed by atoms with Crippen LogP contribution in [0.1, 0.15) is 0 Å². The molecule has 13 rings (SSSR count). The summed E-state index contributed by atoms with van der Waals surface area (Å²) in [6.45, 7) is 0. The van der Waals surface area contributed by atoms with Gasteiger partial charge in [0.2, 0.25) is 0 Å².